The average Bonchev–Trinajstić information content (AvgIpc) is 2.17. The van der Waals surface area contributed by atoms with Gasteiger partial charge in [-0.3, -0.25) is 0 Å². The number of hydrogen-bond acceptors (Lipinski definition) is 4. The van der Waals surface area contributed by atoms with E-state index < -0.39 is 10.0 Å². The average molecular weight is 309 g/mol. The minimum absolute atomic E-state index is 0.0859. The molecule has 0 saturated heterocycles. The predicted octanol–water partition coefficient (Wildman–Crippen LogP) is 2.11. The summed E-state index contributed by atoms with van der Waals surface area (Å²) in [6.45, 7) is 0. The highest BCUT2D eigenvalue weighted by atomic mass is 32.2. The van der Waals surface area contributed by atoms with Gasteiger partial charge in [0, 0.05) is 0 Å². The van der Waals surface area contributed by atoms with E-state index in [1.807, 2.05) is 0 Å². The largest absolute Gasteiger partial charge is 0.270 e. The van der Waals surface area contributed by atoms with Crippen molar-refractivity contribution in [1.82, 2.24) is 4.31 Å². The fourth-order valence-corrected chi connectivity index (χ4v) is 4.00. The third-order valence-corrected chi connectivity index (χ3v) is 4.61. The van der Waals surface area contributed by atoms with E-state index in [2.05, 4.69) is 25.3 Å². The van der Waals surface area contributed by atoms with Crippen LogP contribution in [0.5, 0.6) is 0 Å². The first-order valence-electron chi connectivity index (χ1n) is 3.93. The molecule has 0 heterocycles. The van der Waals surface area contributed by atoms with Crippen molar-refractivity contribution < 1.29 is 8.42 Å². The summed E-state index contributed by atoms with van der Waals surface area (Å²) in [5.74, 6) is 0. The van der Waals surface area contributed by atoms with Crippen molar-refractivity contribution >= 4 is 68.4 Å². The van der Waals surface area contributed by atoms with Gasteiger partial charge >= 0.3 is 0 Å². The number of nitrogens with zero attached hydrogens (tertiary/aromatic N) is 1. The second kappa shape index (κ2) is 5.46. The lowest BCUT2D eigenvalue weighted by Crippen LogP contribution is -2.35. The molecule has 8 heteroatoms. The summed E-state index contributed by atoms with van der Waals surface area (Å²) in [5, 5.41) is 0. The molecule has 1 rings (SSSR count). The monoisotopic (exact) mass is 309 g/mol. The van der Waals surface area contributed by atoms with Crippen molar-refractivity contribution in [3.8, 4) is 0 Å². The summed E-state index contributed by atoms with van der Waals surface area (Å²) in [4.78, 5) is 0.0859. The summed E-state index contributed by atoms with van der Waals surface area (Å²) in [7, 11) is -3.80. The third kappa shape index (κ3) is 2.95. The normalized spacial score (nSPS) is 10.9. The van der Waals surface area contributed by atoms with Crippen LogP contribution in [-0.4, -0.2) is 21.4 Å². The molecule has 0 saturated carbocycles. The maximum Gasteiger partial charge on any atom is 0.270 e. The van der Waals surface area contributed by atoms with Crippen LogP contribution in [0.1, 0.15) is 0 Å². The van der Waals surface area contributed by atoms with Crippen LogP contribution in [0.15, 0.2) is 35.2 Å². The highest BCUT2D eigenvalue weighted by Crippen LogP contribution is 2.18. The van der Waals surface area contributed by atoms with Crippen molar-refractivity contribution in [2.24, 2.45) is 0 Å². The molecule has 0 radical (unpaired) electrons. The highest BCUT2D eigenvalue weighted by molar-refractivity contribution is 8.16. The molecular formula is C8H7NO2S5. The van der Waals surface area contributed by atoms with E-state index >= 15 is 0 Å². The van der Waals surface area contributed by atoms with E-state index in [9.17, 15) is 8.42 Å². The Bertz CT molecular complexity index is 496. The molecule has 0 N–H and O–H groups in total. The van der Waals surface area contributed by atoms with Crippen molar-refractivity contribution in [3.05, 3.63) is 30.3 Å². The van der Waals surface area contributed by atoms with E-state index in [0.717, 1.165) is 4.31 Å². The number of sulfonamides is 1. The summed E-state index contributed by atoms with van der Waals surface area (Å²) < 4.78 is 24.5. The quantitative estimate of drug-likeness (QED) is 0.648. The molecule has 3 nitrogen and oxygen atoms in total. The van der Waals surface area contributed by atoms with Gasteiger partial charge < -0.3 is 0 Å². The van der Waals surface area contributed by atoms with Crippen molar-refractivity contribution in [3.63, 3.8) is 0 Å². The number of rotatable bonds is 2. The molecular weight excluding hydrogens is 302 g/mol. The molecule has 0 aliphatic heterocycles. The molecule has 0 aromatic heterocycles. The predicted molar refractivity (Wildman–Crippen MR) is 78.6 cm³/mol. The fourth-order valence-electron chi connectivity index (χ4n) is 0.985. The van der Waals surface area contributed by atoms with Gasteiger partial charge in [-0.05, 0) is 12.1 Å². The first-order valence-corrected chi connectivity index (χ1v) is 7.08. The lowest BCUT2D eigenvalue weighted by atomic mass is 10.4. The smallest absolute Gasteiger partial charge is 0.202 e. The second-order valence-corrected chi connectivity index (χ2v) is 6.66. The Morgan fingerprint density at radius 3 is 1.88 bits per heavy atom. The number of thiocarbonyl (C=S) groups is 2. The van der Waals surface area contributed by atoms with Gasteiger partial charge in [0.15, 0.2) is 8.64 Å². The van der Waals surface area contributed by atoms with Crippen LogP contribution < -0.4 is 0 Å². The van der Waals surface area contributed by atoms with Crippen molar-refractivity contribution in [2.75, 3.05) is 0 Å². The molecule has 0 unspecified atom stereocenters. The molecule has 1 aromatic carbocycles. The first-order chi connectivity index (χ1) is 7.37. The van der Waals surface area contributed by atoms with Gasteiger partial charge in [0.1, 0.15) is 0 Å². The first kappa shape index (κ1) is 13.9. The van der Waals surface area contributed by atoms with E-state index in [4.69, 9.17) is 24.4 Å². The van der Waals surface area contributed by atoms with Crippen LogP contribution in [0.2, 0.25) is 0 Å². The van der Waals surface area contributed by atoms with Crippen LogP contribution in [-0.2, 0) is 10.0 Å². The standard InChI is InChI=1S/C8H7NO2S5/c10-16(11,6-4-2-1-3-5-6)9(7(12)13)8(14)15/h1-5H,(H,12,13)(H,14,15). The Balaban J connectivity index is 3.31. The Hall–Kier alpha value is -0.150. The SMILES string of the molecule is O=S(=O)(c1ccccc1)N(C(=S)S)C(=S)S. The number of hydrogen-bond donors (Lipinski definition) is 2. The van der Waals surface area contributed by atoms with Crippen LogP contribution in [0, 0.1) is 0 Å². The Labute approximate surface area is 116 Å². The lowest BCUT2D eigenvalue weighted by Gasteiger charge is -2.19. The molecule has 0 amide bonds. The minimum atomic E-state index is -3.80. The fraction of sp³-hybridized carbons (Fsp3) is 0. The summed E-state index contributed by atoms with van der Waals surface area (Å²) in [5.41, 5.74) is 0. The second-order valence-electron chi connectivity index (χ2n) is 2.65. The molecule has 1 aromatic rings. The Morgan fingerprint density at radius 1 is 1.06 bits per heavy atom. The van der Waals surface area contributed by atoms with E-state index in [0.29, 0.717) is 0 Å². The number of benzene rings is 1. The van der Waals surface area contributed by atoms with Gasteiger partial charge in [-0.15, -0.1) is 25.3 Å². The van der Waals surface area contributed by atoms with Crippen molar-refractivity contribution in [1.29, 1.82) is 0 Å². The van der Waals surface area contributed by atoms with Gasteiger partial charge in [0.2, 0.25) is 0 Å². The molecule has 0 atom stereocenters. The highest BCUT2D eigenvalue weighted by Gasteiger charge is 2.27. The Kier molecular flexibility index (Phi) is 4.74. The zero-order chi connectivity index (χ0) is 12.3. The van der Waals surface area contributed by atoms with Crippen LogP contribution >= 0.6 is 49.7 Å². The maximum atomic E-state index is 12.1. The summed E-state index contributed by atoms with van der Waals surface area (Å²) >= 11 is 17.1. The van der Waals surface area contributed by atoms with E-state index in [1.165, 1.54) is 12.1 Å². The third-order valence-electron chi connectivity index (χ3n) is 1.63. The molecule has 0 aliphatic carbocycles. The van der Waals surface area contributed by atoms with Crippen molar-refractivity contribution in [2.45, 2.75) is 4.90 Å². The minimum Gasteiger partial charge on any atom is -0.202 e. The molecule has 86 valence electrons. The summed E-state index contributed by atoms with van der Waals surface area (Å²) in [6, 6.07) is 7.81. The van der Waals surface area contributed by atoms with Gasteiger partial charge in [-0.2, -0.15) is 0 Å². The van der Waals surface area contributed by atoms with Crippen LogP contribution in [0.4, 0.5) is 0 Å². The van der Waals surface area contributed by atoms with Gasteiger partial charge in [-0.1, -0.05) is 42.6 Å². The molecule has 0 fully saturated rings. The molecule has 0 aliphatic rings. The van der Waals surface area contributed by atoms with Crippen LogP contribution in [0.3, 0.4) is 0 Å². The maximum absolute atomic E-state index is 12.1. The van der Waals surface area contributed by atoms with E-state index in [1.54, 1.807) is 18.2 Å². The zero-order valence-electron chi connectivity index (χ0n) is 7.77. The topological polar surface area (TPSA) is 37.4 Å². The van der Waals surface area contributed by atoms with Gasteiger partial charge in [0.25, 0.3) is 10.0 Å². The molecule has 0 spiro atoms. The molecule has 0 bridgehead atoms. The number of thiol groups is 2. The molecule has 16 heavy (non-hydrogen) atoms. The Morgan fingerprint density at radius 2 is 1.50 bits per heavy atom. The van der Waals surface area contributed by atoms with Crippen LogP contribution in [0.25, 0.3) is 0 Å². The zero-order valence-corrected chi connectivity index (χ0v) is 12.0. The van der Waals surface area contributed by atoms with E-state index in [-0.39, 0.29) is 13.5 Å². The van der Waals surface area contributed by atoms with Gasteiger partial charge in [-0.25, -0.2) is 12.7 Å². The summed E-state index contributed by atoms with van der Waals surface area (Å²) in [6.07, 6.45) is 0. The lowest BCUT2D eigenvalue weighted by molar-refractivity contribution is 0.574. The van der Waals surface area contributed by atoms with Gasteiger partial charge in [0.05, 0.1) is 4.90 Å².